The van der Waals surface area contributed by atoms with Gasteiger partial charge in [-0.1, -0.05) is 132 Å². The number of alkyl halides is 6. The average molecular weight is 1080 g/mol. The van der Waals surface area contributed by atoms with Crippen LogP contribution < -0.4 is 0 Å². The lowest BCUT2D eigenvalue weighted by atomic mass is 9.79. The van der Waals surface area contributed by atoms with E-state index < -0.39 is 23.5 Å². The van der Waals surface area contributed by atoms with E-state index in [4.69, 9.17) is 15.0 Å². The minimum atomic E-state index is -4.76. The summed E-state index contributed by atoms with van der Waals surface area (Å²) in [6.45, 7) is 26.3. The lowest BCUT2D eigenvalue weighted by Gasteiger charge is -2.26. The van der Waals surface area contributed by atoms with Crippen molar-refractivity contribution in [3.8, 4) is 56.7 Å². The van der Waals surface area contributed by atoms with Crippen LogP contribution in [0.4, 0.5) is 26.3 Å². The molecule has 6 nitrogen and oxygen atoms in total. The summed E-state index contributed by atoms with van der Waals surface area (Å²) in [5.41, 5.74) is 8.80. The Hall–Kier alpha value is -8.12. The molecule has 11 aromatic rings. The first-order chi connectivity index (χ1) is 37.4. The SMILES string of the molecule is CC(C)(C)c1cc(-c2nc(-c3cc(C(C)(C)C)cc(C(C)(C)C)c3)nc(-c3ccc(-n4c5ccccc5c5ccccc54)c(-c4ccncc4-n4c5ccc(C(F)(F)F)cc5c5cc(C(F)(F)F)ccc54)c3)n2)cc(C(C)(C)C)c1. The summed E-state index contributed by atoms with van der Waals surface area (Å²) in [5, 5.41) is 2.05. The van der Waals surface area contributed by atoms with E-state index in [1.807, 2.05) is 48.5 Å². The zero-order chi connectivity index (χ0) is 57.2. The topological polar surface area (TPSA) is 61.4 Å². The molecule has 0 saturated carbocycles. The highest BCUT2D eigenvalue weighted by atomic mass is 19.4. The van der Waals surface area contributed by atoms with Crippen molar-refractivity contribution < 1.29 is 26.3 Å². The lowest BCUT2D eigenvalue weighted by Crippen LogP contribution is -2.17. The summed E-state index contributed by atoms with van der Waals surface area (Å²) in [6.07, 6.45) is -6.27. The normalized spacial score (nSPS) is 13.1. The first-order valence-corrected chi connectivity index (χ1v) is 26.8. The van der Waals surface area contributed by atoms with Gasteiger partial charge in [-0.25, -0.2) is 15.0 Å². The first kappa shape index (κ1) is 53.9. The molecule has 0 spiro atoms. The molecule has 0 N–H and O–H groups in total. The molecule has 7 aromatic carbocycles. The van der Waals surface area contributed by atoms with E-state index in [1.54, 1.807) is 17.0 Å². The fourth-order valence-electron chi connectivity index (χ4n) is 10.7. The van der Waals surface area contributed by atoms with Crippen molar-refractivity contribution in [1.82, 2.24) is 29.1 Å². The maximum Gasteiger partial charge on any atom is 0.416 e. The molecule has 4 heterocycles. The van der Waals surface area contributed by atoms with E-state index in [2.05, 4.69) is 153 Å². The third-order valence-electron chi connectivity index (χ3n) is 15.3. The number of para-hydroxylation sites is 2. The quantitative estimate of drug-likeness (QED) is 0.156. The molecule has 0 aliphatic rings. The monoisotopic (exact) mass is 1080 g/mol. The van der Waals surface area contributed by atoms with Crippen LogP contribution in [0.25, 0.3) is 100 Å². The fraction of sp³-hybridized carbons (Fsp3) is 0.265. The minimum absolute atomic E-state index is 0.00707. The summed E-state index contributed by atoms with van der Waals surface area (Å²) >= 11 is 0. The van der Waals surface area contributed by atoms with Gasteiger partial charge < -0.3 is 9.13 Å². The number of benzene rings is 7. The Labute approximate surface area is 462 Å². The van der Waals surface area contributed by atoms with Crippen molar-refractivity contribution in [2.75, 3.05) is 0 Å². The van der Waals surface area contributed by atoms with Crippen molar-refractivity contribution in [2.45, 2.75) is 117 Å². The molecule has 0 saturated heterocycles. The number of hydrogen-bond donors (Lipinski definition) is 0. The van der Waals surface area contributed by atoms with E-state index in [-0.39, 0.29) is 43.5 Å². The van der Waals surface area contributed by atoms with Crippen molar-refractivity contribution in [2.24, 2.45) is 0 Å². The second kappa shape index (κ2) is 18.7. The zero-order valence-electron chi connectivity index (χ0n) is 47.0. The van der Waals surface area contributed by atoms with Crippen LogP contribution in [0.3, 0.4) is 0 Å². The highest BCUT2D eigenvalue weighted by Crippen LogP contribution is 2.45. The van der Waals surface area contributed by atoms with Crippen molar-refractivity contribution in [3.05, 3.63) is 191 Å². The van der Waals surface area contributed by atoms with Crippen LogP contribution in [-0.4, -0.2) is 29.1 Å². The van der Waals surface area contributed by atoms with Gasteiger partial charge in [0, 0.05) is 55.6 Å². The van der Waals surface area contributed by atoms with Crippen LogP contribution in [0.15, 0.2) is 158 Å². The molecular weight excluding hydrogens is 1010 g/mol. The third kappa shape index (κ3) is 9.81. The van der Waals surface area contributed by atoms with Gasteiger partial charge in [-0.15, -0.1) is 0 Å². The molecule has 12 heteroatoms. The van der Waals surface area contributed by atoms with Crippen LogP contribution in [0.2, 0.25) is 0 Å². The number of halogens is 6. The van der Waals surface area contributed by atoms with Crippen molar-refractivity contribution in [1.29, 1.82) is 0 Å². The second-order valence-corrected chi connectivity index (χ2v) is 25.2. The van der Waals surface area contributed by atoms with Gasteiger partial charge in [0.15, 0.2) is 17.5 Å². The van der Waals surface area contributed by atoms with Crippen molar-refractivity contribution in [3.63, 3.8) is 0 Å². The van der Waals surface area contributed by atoms with Crippen molar-refractivity contribution >= 4 is 43.6 Å². The van der Waals surface area contributed by atoms with E-state index in [0.29, 0.717) is 39.9 Å². The Morgan fingerprint density at radius 1 is 0.325 bits per heavy atom. The Morgan fingerprint density at radius 3 is 1.12 bits per heavy atom. The third-order valence-corrected chi connectivity index (χ3v) is 15.3. The van der Waals surface area contributed by atoms with E-state index >= 15 is 0 Å². The van der Waals surface area contributed by atoms with Gasteiger partial charge in [0.05, 0.1) is 50.8 Å². The largest absolute Gasteiger partial charge is 0.416 e. The number of nitrogens with zero attached hydrogens (tertiary/aromatic N) is 6. The predicted octanol–water partition coefficient (Wildman–Crippen LogP) is 19.4. The maximum atomic E-state index is 14.5. The molecule has 0 aliphatic heterocycles. The zero-order valence-corrected chi connectivity index (χ0v) is 47.0. The van der Waals surface area contributed by atoms with Gasteiger partial charge in [-0.05, 0) is 141 Å². The molecule has 0 bridgehead atoms. The van der Waals surface area contributed by atoms with Gasteiger partial charge in [0.2, 0.25) is 0 Å². The van der Waals surface area contributed by atoms with Crippen LogP contribution in [0.1, 0.15) is 116 Å². The number of rotatable bonds is 6. The number of pyridine rings is 1. The second-order valence-electron chi connectivity index (χ2n) is 25.2. The van der Waals surface area contributed by atoms with Gasteiger partial charge in [-0.2, -0.15) is 26.3 Å². The van der Waals surface area contributed by atoms with E-state index in [0.717, 1.165) is 85.1 Å². The number of fused-ring (bicyclic) bond motifs is 6. The maximum absolute atomic E-state index is 14.5. The van der Waals surface area contributed by atoms with Gasteiger partial charge >= 0.3 is 12.4 Å². The molecule has 80 heavy (non-hydrogen) atoms. The summed E-state index contributed by atoms with van der Waals surface area (Å²) in [7, 11) is 0. The molecule has 0 unspecified atom stereocenters. The van der Waals surface area contributed by atoms with Gasteiger partial charge in [0.25, 0.3) is 0 Å². The van der Waals surface area contributed by atoms with Crippen LogP contribution in [-0.2, 0) is 34.0 Å². The van der Waals surface area contributed by atoms with E-state index in [1.165, 1.54) is 12.1 Å². The standard InChI is InChI=1S/C68H62F6N6/c1-63(2,3)44-29-40(30-45(34-44)64(4,5)6)61-76-60(77-62(78-61)41-31-46(65(7,8)9)35-47(32-41)66(10,11)12)39-21-24-56(79-54-19-15-13-17-48(54)49-18-14-16-20-55(49)79)51(33-39)50-27-28-75-38-59(50)80-57-25-22-42(67(69,70)71)36-52(57)53-37-43(68(72,73)74)23-26-58(53)80/h13-38H,1-12H3. The Bertz CT molecular complexity index is 3980. The van der Waals surface area contributed by atoms with Gasteiger partial charge in [0.1, 0.15) is 0 Å². The molecule has 0 amide bonds. The smallest absolute Gasteiger partial charge is 0.309 e. The number of aromatic nitrogens is 6. The Balaban J connectivity index is 1.24. The molecule has 0 aliphatic carbocycles. The van der Waals surface area contributed by atoms with Crippen LogP contribution in [0.5, 0.6) is 0 Å². The first-order valence-electron chi connectivity index (χ1n) is 26.8. The molecule has 0 fully saturated rings. The predicted molar refractivity (Wildman–Crippen MR) is 313 cm³/mol. The Morgan fingerprint density at radius 2 is 0.713 bits per heavy atom. The summed E-state index contributed by atoms with van der Waals surface area (Å²) < 4.78 is 90.7. The molecular formula is C68H62F6N6. The van der Waals surface area contributed by atoms with Crippen LogP contribution in [0, 0.1) is 0 Å². The number of hydrogen-bond acceptors (Lipinski definition) is 4. The summed E-state index contributed by atoms with van der Waals surface area (Å²) in [6, 6.07) is 43.8. The summed E-state index contributed by atoms with van der Waals surface area (Å²) in [5.74, 6) is 1.36. The minimum Gasteiger partial charge on any atom is -0.309 e. The summed E-state index contributed by atoms with van der Waals surface area (Å²) in [4.78, 5) is 20.8. The van der Waals surface area contributed by atoms with Crippen LogP contribution >= 0.6 is 0 Å². The Kier molecular flexibility index (Phi) is 12.6. The van der Waals surface area contributed by atoms with E-state index in [9.17, 15) is 26.3 Å². The van der Waals surface area contributed by atoms with Gasteiger partial charge in [-0.3, -0.25) is 4.98 Å². The fourth-order valence-corrected chi connectivity index (χ4v) is 10.7. The molecule has 11 rings (SSSR count). The lowest BCUT2D eigenvalue weighted by molar-refractivity contribution is -0.138. The highest BCUT2D eigenvalue weighted by Gasteiger charge is 2.34. The molecule has 0 atom stereocenters. The molecule has 4 aromatic heterocycles. The average Bonchev–Trinajstić information content (AvgIpc) is 4.14. The molecule has 0 radical (unpaired) electrons. The highest BCUT2D eigenvalue weighted by molar-refractivity contribution is 6.12. The molecule has 406 valence electrons.